The number of aliphatic carboxylic acids is 1. The van der Waals surface area contributed by atoms with E-state index in [9.17, 15) is 74.8 Å². The lowest BCUT2D eigenvalue weighted by Gasteiger charge is -2.31. The van der Waals surface area contributed by atoms with Gasteiger partial charge in [-0.1, -0.05) is 18.6 Å². The molecule has 0 saturated heterocycles. The molecule has 36 heteroatoms. The van der Waals surface area contributed by atoms with Crippen molar-refractivity contribution in [3.63, 3.8) is 0 Å². The van der Waals surface area contributed by atoms with Gasteiger partial charge in [0.2, 0.25) is 5.69 Å². The third-order valence-corrected chi connectivity index (χ3v) is 20.8. The van der Waals surface area contributed by atoms with E-state index in [-0.39, 0.29) is 138 Å². The molecule has 6 rings (SSSR count). The zero-order valence-electron chi connectivity index (χ0n) is 56.5. The summed E-state index contributed by atoms with van der Waals surface area (Å²) in [6, 6.07) is 9.18. The SMILES string of the molecule is COCCOCCOCCOCCOCCOCCC1(C)C(/C=C/C=C2/N(CCCCCC(=O)O)c3ccc4c(S(=O)(=O)O)cc(S(=O)(=O)O)cc4c3C2(C)CCOCCOCCOCCOCCOCCOC)=[N+](CCCS(=O)(=O)O)c2ccc3c(S(=O)(=O)O)cc(S(=O)(=O)O)cc3c21. The number of unbranched alkanes of at least 4 members (excludes halogenated alkanes) is 2. The fourth-order valence-electron chi connectivity index (χ4n) is 11.9. The molecule has 562 valence electrons. The molecule has 2 atom stereocenters. The number of allylic oxidation sites excluding steroid dienone is 4. The second-order valence-electron chi connectivity index (χ2n) is 23.6. The summed E-state index contributed by atoms with van der Waals surface area (Å²) in [6.07, 6.45) is 5.82. The van der Waals surface area contributed by atoms with Crippen molar-refractivity contribution in [3.05, 3.63) is 83.6 Å². The third-order valence-electron chi connectivity index (χ3n) is 16.5. The summed E-state index contributed by atoms with van der Waals surface area (Å²) in [5.41, 5.74) is -0.566. The van der Waals surface area contributed by atoms with Crippen LogP contribution in [-0.2, 0) is 123 Å². The van der Waals surface area contributed by atoms with Crippen LogP contribution in [0.4, 0.5) is 11.4 Å². The highest BCUT2D eigenvalue weighted by atomic mass is 32.2. The molecule has 0 radical (unpaired) electrons. The maximum atomic E-state index is 13.2. The molecule has 0 aromatic heterocycles. The first-order valence-electron chi connectivity index (χ1n) is 32.2. The van der Waals surface area contributed by atoms with E-state index in [0.29, 0.717) is 133 Å². The van der Waals surface area contributed by atoms with Crippen molar-refractivity contribution in [2.24, 2.45) is 0 Å². The predicted octanol–water partition coefficient (Wildman–Crippen LogP) is 5.72. The molecule has 4 aromatic carbocycles. The Balaban J connectivity index is 1.42. The Bertz CT molecular complexity index is 4060. The number of ether oxygens (including phenoxy) is 12. The van der Waals surface area contributed by atoms with E-state index < -0.39 is 92.7 Å². The molecule has 0 amide bonds. The van der Waals surface area contributed by atoms with Gasteiger partial charge in [0.1, 0.15) is 16.3 Å². The van der Waals surface area contributed by atoms with Gasteiger partial charge in [-0.3, -0.25) is 27.6 Å². The highest BCUT2D eigenvalue weighted by Crippen LogP contribution is 2.54. The van der Waals surface area contributed by atoms with Crippen LogP contribution in [0.3, 0.4) is 0 Å². The van der Waals surface area contributed by atoms with E-state index in [1.807, 2.05) is 4.90 Å². The number of methoxy groups -OCH3 is 2. The van der Waals surface area contributed by atoms with Crippen LogP contribution < -0.4 is 4.90 Å². The average Bonchev–Trinajstić information content (AvgIpc) is 1.53. The van der Waals surface area contributed by atoms with Crippen molar-refractivity contribution in [1.29, 1.82) is 0 Å². The third kappa shape index (κ3) is 24.8. The Hall–Kier alpha value is -5.11. The number of hydrogen-bond donors (Lipinski definition) is 6. The number of hydrogen-bond acceptors (Lipinski definition) is 24. The molecule has 0 fully saturated rings. The van der Waals surface area contributed by atoms with Crippen molar-refractivity contribution < 1.29 is 136 Å². The molecule has 0 spiro atoms. The van der Waals surface area contributed by atoms with Crippen LogP contribution in [0.1, 0.15) is 69.9 Å². The van der Waals surface area contributed by atoms with E-state index >= 15 is 0 Å². The Morgan fingerprint density at radius 2 is 0.870 bits per heavy atom. The maximum absolute atomic E-state index is 13.2. The van der Waals surface area contributed by atoms with Gasteiger partial charge in [0, 0.05) is 92.1 Å². The summed E-state index contributed by atoms with van der Waals surface area (Å²) in [5, 5.41) is 9.21. The van der Waals surface area contributed by atoms with Gasteiger partial charge in [0.25, 0.3) is 50.6 Å². The Morgan fingerprint density at radius 1 is 0.470 bits per heavy atom. The second kappa shape index (κ2) is 39.7. The van der Waals surface area contributed by atoms with Gasteiger partial charge >= 0.3 is 5.97 Å². The maximum Gasteiger partial charge on any atom is 0.303 e. The molecule has 0 aliphatic carbocycles. The summed E-state index contributed by atoms with van der Waals surface area (Å²) in [6.45, 7) is 9.42. The minimum atomic E-state index is -5.22. The fraction of sp³-hybridized carbons (Fsp3) is 0.594. The Kier molecular flexibility index (Phi) is 33.3. The summed E-state index contributed by atoms with van der Waals surface area (Å²) in [4.78, 5) is 10.1. The van der Waals surface area contributed by atoms with Gasteiger partial charge in [-0.15, -0.1) is 0 Å². The van der Waals surface area contributed by atoms with Crippen LogP contribution in [0.25, 0.3) is 21.5 Å². The Morgan fingerprint density at radius 3 is 1.27 bits per heavy atom. The predicted molar refractivity (Wildman–Crippen MR) is 365 cm³/mol. The molecule has 2 unspecified atom stereocenters. The number of anilines is 1. The smallest absolute Gasteiger partial charge is 0.303 e. The van der Waals surface area contributed by atoms with Crippen molar-refractivity contribution in [2.45, 2.75) is 89.2 Å². The van der Waals surface area contributed by atoms with Crippen LogP contribution in [0, 0.1) is 0 Å². The summed E-state index contributed by atoms with van der Waals surface area (Å²) in [5.74, 6) is -1.74. The topological polar surface area (TPSA) is 426 Å². The average molecular weight is 1510 g/mol. The Labute approximate surface area is 584 Å². The van der Waals surface area contributed by atoms with Crippen molar-refractivity contribution in [3.8, 4) is 0 Å². The van der Waals surface area contributed by atoms with Gasteiger partial charge in [0.05, 0.1) is 153 Å². The second-order valence-corrected chi connectivity index (χ2v) is 30.8. The monoisotopic (exact) mass is 1510 g/mol. The minimum Gasteiger partial charge on any atom is -0.481 e. The van der Waals surface area contributed by atoms with Crippen molar-refractivity contribution in [2.75, 3.05) is 183 Å². The number of benzene rings is 4. The number of carboxylic acid groups (broad SMARTS) is 1. The van der Waals surface area contributed by atoms with Crippen LogP contribution in [0.2, 0.25) is 0 Å². The molecule has 0 bridgehead atoms. The number of fused-ring (bicyclic) bond motifs is 6. The quantitative estimate of drug-likeness (QED) is 0.0175. The summed E-state index contributed by atoms with van der Waals surface area (Å²) in [7, 11) is -22.2. The first kappa shape index (κ1) is 83.8. The summed E-state index contributed by atoms with van der Waals surface area (Å²) < 4.78 is 250. The number of rotatable bonds is 52. The lowest BCUT2D eigenvalue weighted by atomic mass is 9.74. The normalized spacial score (nSPS) is 17.3. The van der Waals surface area contributed by atoms with Crippen LogP contribution >= 0.6 is 0 Å². The first-order valence-corrected chi connectivity index (χ1v) is 39.6. The van der Waals surface area contributed by atoms with E-state index in [2.05, 4.69) is 0 Å². The first-order chi connectivity index (χ1) is 47.4. The largest absolute Gasteiger partial charge is 0.481 e. The van der Waals surface area contributed by atoms with E-state index in [4.69, 9.17) is 56.8 Å². The van der Waals surface area contributed by atoms with Crippen LogP contribution in [-0.4, -0.2) is 265 Å². The van der Waals surface area contributed by atoms with Gasteiger partial charge < -0.3 is 66.8 Å². The lowest BCUT2D eigenvalue weighted by Crippen LogP contribution is -2.33. The molecule has 2 aliphatic heterocycles. The van der Waals surface area contributed by atoms with E-state index in [1.165, 1.54) is 18.2 Å². The highest BCUT2D eigenvalue weighted by Gasteiger charge is 2.50. The zero-order chi connectivity index (χ0) is 73.2. The molecule has 4 aromatic rings. The molecule has 2 heterocycles. The standard InChI is InChI=1S/C64H92N2O29S5/c1-63(17-21-86-27-29-90-35-37-94-41-39-92-33-31-88-25-23-84-3)58(65(19-7-5-6-12-60(67)68)54-15-13-50-52(61(54)63)44-48(97(72,73)74)46-56(50)99(78,79)80)10-8-11-59-64(2,18-22-87-28-30-91-36-38-95-42-40-93-34-32-89-26-24-85-4)62-53-45-49(98(75,76)77)47-57(100(81,82)83)51(53)14-16-55(62)66(59)20-9-43-96(69,70)71/h8,10-11,13-16,44-47H,5-7,9,12,17-43H2,1-4H3,(H5-,67,68,69,70,71,72,73,74,75,76,77,78,79,80,81,82,83)/p+1. The molecular weight excluding hydrogens is 1420 g/mol. The number of carbonyl (C=O) groups is 1. The molecule has 100 heavy (non-hydrogen) atoms. The minimum absolute atomic E-state index is 0.00460. The van der Waals surface area contributed by atoms with Gasteiger partial charge in [-0.2, -0.15) is 46.7 Å². The van der Waals surface area contributed by atoms with E-state index in [1.54, 1.807) is 56.9 Å². The number of carboxylic acids is 1. The van der Waals surface area contributed by atoms with Crippen LogP contribution in [0.15, 0.2) is 92.0 Å². The van der Waals surface area contributed by atoms with Gasteiger partial charge in [0.15, 0.2) is 5.71 Å². The van der Waals surface area contributed by atoms with Crippen molar-refractivity contribution >= 4 is 95.2 Å². The molecule has 6 N–H and O–H groups in total. The van der Waals surface area contributed by atoms with E-state index in [0.717, 1.165) is 12.1 Å². The van der Waals surface area contributed by atoms with Gasteiger partial charge in [-0.25, -0.2) is 0 Å². The molecule has 2 aliphatic rings. The molecule has 31 nitrogen and oxygen atoms in total. The van der Waals surface area contributed by atoms with Crippen molar-refractivity contribution in [1.82, 2.24) is 0 Å². The molecule has 0 saturated carbocycles. The fourth-order valence-corrected chi connectivity index (χ4v) is 15.0. The molecular formula is C64H93N2O29S5+. The lowest BCUT2D eigenvalue weighted by molar-refractivity contribution is -0.437. The zero-order valence-corrected chi connectivity index (χ0v) is 60.6. The summed E-state index contributed by atoms with van der Waals surface area (Å²) >= 11 is 0. The van der Waals surface area contributed by atoms with Crippen LogP contribution in [0.5, 0.6) is 0 Å². The number of nitrogens with zero attached hydrogens (tertiary/aromatic N) is 2. The highest BCUT2D eigenvalue weighted by molar-refractivity contribution is 7.87. The van der Waals surface area contributed by atoms with Gasteiger partial charge in [-0.05, 0) is 98.3 Å².